The number of rotatable bonds is 7. The number of aromatic nitrogens is 1. The van der Waals surface area contributed by atoms with Gasteiger partial charge in [0, 0.05) is 24.3 Å². The maximum atomic E-state index is 11.8. The summed E-state index contributed by atoms with van der Waals surface area (Å²) >= 11 is 1.89. The molecule has 5 heteroatoms. The van der Waals surface area contributed by atoms with Crippen molar-refractivity contribution in [2.75, 3.05) is 19.6 Å². The Kier molecular flexibility index (Phi) is 5.84. The van der Waals surface area contributed by atoms with E-state index in [1.807, 2.05) is 11.3 Å². The highest BCUT2D eigenvalue weighted by atomic mass is 32.1. The molecule has 2 aliphatic rings. The number of carbonyl (C=O) groups excluding carboxylic acids is 1. The van der Waals surface area contributed by atoms with E-state index in [9.17, 15) is 4.79 Å². The SMILES string of the molecule is O=C(CCC1CCNC1)NCCCc1nc2c(s1)CCCC2. The fourth-order valence-corrected chi connectivity index (χ4v) is 4.56. The number of hydrogen-bond acceptors (Lipinski definition) is 4. The predicted octanol–water partition coefficient (Wildman–Crippen LogP) is 2.46. The molecule has 1 atom stereocenters. The Labute approximate surface area is 137 Å². The lowest BCUT2D eigenvalue weighted by Crippen LogP contribution is -2.25. The molecule has 1 aliphatic heterocycles. The van der Waals surface area contributed by atoms with Crippen molar-refractivity contribution in [3.8, 4) is 0 Å². The van der Waals surface area contributed by atoms with Gasteiger partial charge in [0.05, 0.1) is 10.7 Å². The molecule has 0 saturated carbocycles. The third kappa shape index (κ3) is 4.53. The van der Waals surface area contributed by atoms with Crippen molar-refractivity contribution in [2.24, 2.45) is 5.92 Å². The number of carbonyl (C=O) groups is 1. The number of aryl methyl sites for hydroxylation is 3. The average molecular weight is 321 g/mol. The summed E-state index contributed by atoms with van der Waals surface area (Å²) in [6.45, 7) is 2.98. The van der Waals surface area contributed by atoms with Gasteiger partial charge < -0.3 is 10.6 Å². The summed E-state index contributed by atoms with van der Waals surface area (Å²) in [5.41, 5.74) is 1.35. The van der Waals surface area contributed by atoms with Gasteiger partial charge in [-0.1, -0.05) is 0 Å². The van der Waals surface area contributed by atoms with Gasteiger partial charge in [0.25, 0.3) is 0 Å². The number of hydrogen-bond donors (Lipinski definition) is 2. The van der Waals surface area contributed by atoms with E-state index < -0.39 is 0 Å². The van der Waals surface area contributed by atoms with Gasteiger partial charge in [0.15, 0.2) is 0 Å². The first-order valence-corrected chi connectivity index (χ1v) is 9.58. The van der Waals surface area contributed by atoms with E-state index >= 15 is 0 Å². The summed E-state index contributed by atoms with van der Waals surface area (Å²) in [6, 6.07) is 0. The standard InChI is InChI=1S/C17H27N3OS/c21-16(8-7-13-9-11-18-12-13)19-10-3-6-17-20-14-4-1-2-5-15(14)22-17/h13,18H,1-12H2,(H,19,21). The van der Waals surface area contributed by atoms with Crippen molar-refractivity contribution in [1.82, 2.24) is 15.6 Å². The first-order chi connectivity index (χ1) is 10.8. The summed E-state index contributed by atoms with van der Waals surface area (Å²) in [4.78, 5) is 18.1. The largest absolute Gasteiger partial charge is 0.356 e. The van der Waals surface area contributed by atoms with Crippen LogP contribution in [0.4, 0.5) is 0 Å². The zero-order valence-corrected chi connectivity index (χ0v) is 14.1. The molecule has 2 N–H and O–H groups in total. The van der Waals surface area contributed by atoms with E-state index in [4.69, 9.17) is 4.98 Å². The first kappa shape index (κ1) is 15.9. The number of amides is 1. The molecule has 1 amide bonds. The molecule has 1 aromatic heterocycles. The van der Waals surface area contributed by atoms with Gasteiger partial charge in [-0.05, 0) is 64.0 Å². The van der Waals surface area contributed by atoms with Crippen LogP contribution in [-0.2, 0) is 24.1 Å². The van der Waals surface area contributed by atoms with Crippen LogP contribution in [0.5, 0.6) is 0 Å². The van der Waals surface area contributed by atoms with E-state index in [0.717, 1.165) is 38.9 Å². The highest BCUT2D eigenvalue weighted by Gasteiger charge is 2.16. The van der Waals surface area contributed by atoms with Crippen LogP contribution in [0.2, 0.25) is 0 Å². The highest BCUT2D eigenvalue weighted by molar-refractivity contribution is 7.11. The second-order valence-corrected chi connectivity index (χ2v) is 7.70. The van der Waals surface area contributed by atoms with E-state index in [2.05, 4.69) is 10.6 Å². The zero-order valence-electron chi connectivity index (χ0n) is 13.3. The molecule has 1 aliphatic carbocycles. The van der Waals surface area contributed by atoms with Crippen LogP contribution < -0.4 is 10.6 Å². The van der Waals surface area contributed by atoms with Gasteiger partial charge in [-0.3, -0.25) is 4.79 Å². The highest BCUT2D eigenvalue weighted by Crippen LogP contribution is 2.27. The molecule has 1 saturated heterocycles. The Morgan fingerprint density at radius 1 is 1.36 bits per heavy atom. The number of nitrogens with one attached hydrogen (secondary N) is 2. The summed E-state index contributed by atoms with van der Waals surface area (Å²) in [7, 11) is 0. The molecule has 0 bridgehead atoms. The number of nitrogens with zero attached hydrogens (tertiary/aromatic N) is 1. The minimum atomic E-state index is 0.213. The quantitative estimate of drug-likeness (QED) is 0.759. The maximum Gasteiger partial charge on any atom is 0.220 e. The lowest BCUT2D eigenvalue weighted by atomic mass is 10.0. The summed E-state index contributed by atoms with van der Waals surface area (Å²) < 4.78 is 0. The molecule has 1 aromatic rings. The van der Waals surface area contributed by atoms with Crippen LogP contribution in [0.1, 0.15) is 54.1 Å². The van der Waals surface area contributed by atoms with Crippen molar-refractivity contribution in [1.29, 1.82) is 0 Å². The first-order valence-electron chi connectivity index (χ1n) is 8.76. The normalized spacial score (nSPS) is 20.8. The fraction of sp³-hybridized carbons (Fsp3) is 0.765. The third-order valence-electron chi connectivity index (χ3n) is 4.72. The minimum absolute atomic E-state index is 0.213. The molecule has 0 spiro atoms. The van der Waals surface area contributed by atoms with Crippen molar-refractivity contribution in [3.05, 3.63) is 15.6 Å². The molecule has 0 radical (unpaired) electrons. The molecular weight excluding hydrogens is 294 g/mol. The molecule has 4 nitrogen and oxygen atoms in total. The van der Waals surface area contributed by atoms with Gasteiger partial charge >= 0.3 is 0 Å². The van der Waals surface area contributed by atoms with Gasteiger partial charge in [-0.2, -0.15) is 0 Å². The molecule has 1 unspecified atom stereocenters. The lowest BCUT2D eigenvalue weighted by molar-refractivity contribution is -0.121. The third-order valence-corrected chi connectivity index (χ3v) is 5.94. The Morgan fingerprint density at radius 3 is 3.09 bits per heavy atom. The van der Waals surface area contributed by atoms with Crippen LogP contribution in [-0.4, -0.2) is 30.5 Å². The van der Waals surface area contributed by atoms with Crippen molar-refractivity contribution < 1.29 is 4.79 Å². The van der Waals surface area contributed by atoms with Crippen molar-refractivity contribution in [3.63, 3.8) is 0 Å². The van der Waals surface area contributed by atoms with Crippen LogP contribution in [0, 0.1) is 5.92 Å². The van der Waals surface area contributed by atoms with Crippen LogP contribution in [0.3, 0.4) is 0 Å². The second-order valence-electron chi connectivity index (χ2n) is 6.54. The molecule has 1 fully saturated rings. The smallest absolute Gasteiger partial charge is 0.220 e. The maximum absolute atomic E-state index is 11.8. The molecular formula is C17H27N3OS. The Hall–Kier alpha value is -0.940. The average Bonchev–Trinajstić information content (AvgIpc) is 3.18. The molecule has 0 aromatic carbocycles. The number of thiazole rings is 1. The van der Waals surface area contributed by atoms with Gasteiger partial charge in [0.1, 0.15) is 0 Å². The predicted molar refractivity (Wildman–Crippen MR) is 90.3 cm³/mol. The van der Waals surface area contributed by atoms with E-state index in [1.54, 1.807) is 0 Å². The van der Waals surface area contributed by atoms with Gasteiger partial charge in [-0.25, -0.2) is 4.98 Å². The monoisotopic (exact) mass is 321 g/mol. The topological polar surface area (TPSA) is 54.0 Å². The van der Waals surface area contributed by atoms with Gasteiger partial charge in [-0.15, -0.1) is 11.3 Å². The summed E-state index contributed by atoms with van der Waals surface area (Å²) in [5.74, 6) is 0.915. The van der Waals surface area contributed by atoms with Crippen LogP contribution in [0.25, 0.3) is 0 Å². The molecule has 22 heavy (non-hydrogen) atoms. The van der Waals surface area contributed by atoms with Crippen molar-refractivity contribution in [2.45, 2.75) is 57.8 Å². The Morgan fingerprint density at radius 2 is 2.27 bits per heavy atom. The van der Waals surface area contributed by atoms with Crippen LogP contribution >= 0.6 is 11.3 Å². The van der Waals surface area contributed by atoms with Crippen molar-refractivity contribution >= 4 is 17.2 Å². The number of fused-ring (bicyclic) bond motifs is 1. The summed E-state index contributed by atoms with van der Waals surface area (Å²) in [6.07, 6.45) is 9.94. The second kappa shape index (κ2) is 8.06. The molecule has 2 heterocycles. The zero-order chi connectivity index (χ0) is 15.2. The van der Waals surface area contributed by atoms with Gasteiger partial charge in [0.2, 0.25) is 5.91 Å². The van der Waals surface area contributed by atoms with E-state index in [-0.39, 0.29) is 5.91 Å². The molecule has 122 valence electrons. The lowest BCUT2D eigenvalue weighted by Gasteiger charge is -2.08. The molecule has 3 rings (SSSR count). The minimum Gasteiger partial charge on any atom is -0.356 e. The van der Waals surface area contributed by atoms with E-state index in [1.165, 1.54) is 47.7 Å². The van der Waals surface area contributed by atoms with E-state index in [0.29, 0.717) is 12.3 Å². The Balaban J connectivity index is 1.29. The Bertz CT molecular complexity index is 471. The summed E-state index contributed by atoms with van der Waals surface area (Å²) in [5, 5.41) is 7.67. The fourth-order valence-electron chi connectivity index (χ4n) is 3.36. The van der Waals surface area contributed by atoms with Crippen LogP contribution in [0.15, 0.2) is 0 Å².